The van der Waals surface area contributed by atoms with Crippen molar-refractivity contribution >= 4 is 57.4 Å². The zero-order valence-electron chi connectivity index (χ0n) is 18.6. The van der Waals surface area contributed by atoms with E-state index >= 15 is 0 Å². The van der Waals surface area contributed by atoms with Crippen molar-refractivity contribution in [2.75, 3.05) is 26.3 Å². The summed E-state index contributed by atoms with van der Waals surface area (Å²) >= 11 is 6.88. The molecule has 0 spiro atoms. The molecule has 180 valence electrons. The highest BCUT2D eigenvalue weighted by atomic mass is 35.5. The van der Waals surface area contributed by atoms with Crippen LogP contribution >= 0.6 is 23.4 Å². The molecule has 2 saturated heterocycles. The minimum Gasteiger partial charge on any atom is -0.378 e. The van der Waals surface area contributed by atoms with Gasteiger partial charge < -0.3 is 14.2 Å². The Morgan fingerprint density at radius 3 is 2.66 bits per heavy atom. The van der Waals surface area contributed by atoms with Crippen LogP contribution in [-0.4, -0.2) is 57.7 Å². The first-order valence-electron chi connectivity index (χ1n) is 11.0. The van der Waals surface area contributed by atoms with Crippen LogP contribution in [0.3, 0.4) is 0 Å². The molecule has 2 aromatic carbocycles. The fourth-order valence-corrected chi connectivity index (χ4v) is 5.25. The molecule has 5 rings (SSSR count). The molecular formula is C25H21ClFN3O4S. The van der Waals surface area contributed by atoms with E-state index in [1.54, 1.807) is 11.0 Å². The fraction of sp³-hybridized carbons (Fsp3) is 0.240. The van der Waals surface area contributed by atoms with Gasteiger partial charge in [-0.2, -0.15) is 0 Å². The first-order valence-corrected chi connectivity index (χ1v) is 12.2. The molecule has 3 aromatic rings. The number of nitrogens with zero attached hydrogens (tertiary/aromatic N) is 3. The zero-order chi connectivity index (χ0) is 24.5. The third-order valence-electron chi connectivity index (χ3n) is 6.03. The molecule has 0 unspecified atom stereocenters. The maximum Gasteiger partial charge on any atom is 0.293 e. The highest BCUT2D eigenvalue weighted by molar-refractivity contribution is 8.18. The summed E-state index contributed by atoms with van der Waals surface area (Å²) < 4.78 is 21.4. The standard InChI is InChI=1S/C25H21ClFN3O4S/c26-19-5-3-6-20(27)18(19)14-30-24(32)22(35-25(30)33)12-16-13-29(21-7-2-1-4-17(16)21)15-23(31)28-8-10-34-11-9-28/h1-7,12-13H,8-11,14-15H2/b22-12-. The minimum absolute atomic E-state index is 0.0114. The van der Waals surface area contributed by atoms with Crippen LogP contribution in [0.5, 0.6) is 0 Å². The maximum absolute atomic E-state index is 14.2. The number of carbonyl (C=O) groups excluding carboxylic acids is 3. The van der Waals surface area contributed by atoms with Gasteiger partial charge >= 0.3 is 0 Å². The van der Waals surface area contributed by atoms with E-state index < -0.39 is 17.0 Å². The van der Waals surface area contributed by atoms with E-state index in [0.29, 0.717) is 31.9 Å². The molecule has 35 heavy (non-hydrogen) atoms. The predicted octanol–water partition coefficient (Wildman–Crippen LogP) is 4.53. The highest BCUT2D eigenvalue weighted by Crippen LogP contribution is 2.36. The Kier molecular flexibility index (Phi) is 6.64. The molecule has 0 radical (unpaired) electrons. The number of benzene rings is 2. The molecule has 0 bridgehead atoms. The van der Waals surface area contributed by atoms with E-state index in [-0.39, 0.29) is 34.5 Å². The van der Waals surface area contributed by atoms with Gasteiger partial charge in [0, 0.05) is 46.3 Å². The molecule has 0 atom stereocenters. The zero-order valence-corrected chi connectivity index (χ0v) is 20.2. The topological polar surface area (TPSA) is 71.9 Å². The van der Waals surface area contributed by atoms with Crippen molar-refractivity contribution in [2.45, 2.75) is 13.1 Å². The number of imide groups is 1. The Hall–Kier alpha value is -3.14. The summed E-state index contributed by atoms with van der Waals surface area (Å²) in [7, 11) is 0. The van der Waals surface area contributed by atoms with Gasteiger partial charge in [-0.1, -0.05) is 35.9 Å². The van der Waals surface area contributed by atoms with Gasteiger partial charge in [-0.15, -0.1) is 0 Å². The Morgan fingerprint density at radius 2 is 1.89 bits per heavy atom. The van der Waals surface area contributed by atoms with Crippen LogP contribution < -0.4 is 0 Å². The van der Waals surface area contributed by atoms with Crippen molar-refractivity contribution in [2.24, 2.45) is 0 Å². The van der Waals surface area contributed by atoms with Gasteiger partial charge in [0.1, 0.15) is 12.4 Å². The van der Waals surface area contributed by atoms with Crippen molar-refractivity contribution in [1.29, 1.82) is 0 Å². The van der Waals surface area contributed by atoms with Gasteiger partial charge in [0.05, 0.1) is 24.7 Å². The van der Waals surface area contributed by atoms with Gasteiger partial charge in [-0.05, 0) is 36.0 Å². The Balaban J connectivity index is 1.42. The summed E-state index contributed by atoms with van der Waals surface area (Å²) in [6.07, 6.45) is 3.45. The fourth-order valence-electron chi connectivity index (χ4n) is 4.20. The molecule has 0 saturated carbocycles. The van der Waals surface area contributed by atoms with Crippen molar-refractivity contribution in [3.63, 3.8) is 0 Å². The number of ether oxygens (including phenoxy) is 1. The third-order valence-corrected chi connectivity index (χ3v) is 7.29. The average molecular weight is 514 g/mol. The van der Waals surface area contributed by atoms with Crippen molar-refractivity contribution < 1.29 is 23.5 Å². The van der Waals surface area contributed by atoms with E-state index in [1.807, 2.05) is 35.0 Å². The number of thioether (sulfide) groups is 1. The van der Waals surface area contributed by atoms with Crippen LogP contribution in [0.2, 0.25) is 5.02 Å². The van der Waals surface area contributed by atoms with E-state index in [4.69, 9.17) is 16.3 Å². The summed E-state index contributed by atoms with van der Waals surface area (Å²) in [4.78, 5) is 41.4. The van der Waals surface area contributed by atoms with Crippen LogP contribution in [0.4, 0.5) is 9.18 Å². The van der Waals surface area contributed by atoms with Crippen LogP contribution in [0.25, 0.3) is 17.0 Å². The molecule has 10 heteroatoms. The van der Waals surface area contributed by atoms with Crippen LogP contribution in [-0.2, 0) is 27.4 Å². The molecule has 2 fully saturated rings. The Labute approximate surface area is 210 Å². The molecule has 7 nitrogen and oxygen atoms in total. The number of morpholine rings is 1. The molecule has 3 amide bonds. The number of carbonyl (C=O) groups is 3. The second kappa shape index (κ2) is 9.85. The highest BCUT2D eigenvalue weighted by Gasteiger charge is 2.36. The van der Waals surface area contributed by atoms with Gasteiger partial charge in [-0.3, -0.25) is 19.3 Å². The lowest BCUT2D eigenvalue weighted by atomic mass is 10.1. The Morgan fingerprint density at radius 1 is 1.11 bits per heavy atom. The van der Waals surface area contributed by atoms with Gasteiger partial charge in [0.25, 0.3) is 11.1 Å². The molecule has 0 N–H and O–H groups in total. The first kappa shape index (κ1) is 23.6. The first-order chi connectivity index (χ1) is 16.9. The number of rotatable bonds is 5. The Bertz CT molecular complexity index is 1350. The van der Waals surface area contributed by atoms with E-state index in [1.165, 1.54) is 18.2 Å². The quantitative estimate of drug-likeness (QED) is 0.469. The second-order valence-electron chi connectivity index (χ2n) is 8.19. The summed E-state index contributed by atoms with van der Waals surface area (Å²) in [6, 6.07) is 11.8. The van der Waals surface area contributed by atoms with Gasteiger partial charge in [-0.25, -0.2) is 4.39 Å². The van der Waals surface area contributed by atoms with E-state index in [9.17, 15) is 18.8 Å². The largest absolute Gasteiger partial charge is 0.378 e. The monoisotopic (exact) mass is 513 g/mol. The third kappa shape index (κ3) is 4.71. The molecular weight excluding hydrogens is 493 g/mol. The summed E-state index contributed by atoms with van der Waals surface area (Å²) in [5.41, 5.74) is 1.65. The molecule has 3 heterocycles. The minimum atomic E-state index is -0.575. The van der Waals surface area contributed by atoms with E-state index in [0.717, 1.165) is 27.6 Å². The molecule has 2 aliphatic heterocycles. The smallest absolute Gasteiger partial charge is 0.293 e. The van der Waals surface area contributed by atoms with Crippen molar-refractivity contribution in [1.82, 2.24) is 14.4 Å². The molecule has 0 aliphatic carbocycles. The molecule has 2 aliphatic rings. The lowest BCUT2D eigenvalue weighted by Gasteiger charge is -2.27. The predicted molar refractivity (Wildman–Crippen MR) is 132 cm³/mol. The lowest BCUT2D eigenvalue weighted by molar-refractivity contribution is -0.135. The summed E-state index contributed by atoms with van der Waals surface area (Å²) in [5, 5.41) is 0.513. The van der Waals surface area contributed by atoms with Crippen molar-refractivity contribution in [3.8, 4) is 0 Å². The number of hydrogen-bond acceptors (Lipinski definition) is 5. The number of fused-ring (bicyclic) bond motifs is 1. The number of amides is 3. The number of hydrogen-bond donors (Lipinski definition) is 0. The lowest BCUT2D eigenvalue weighted by Crippen LogP contribution is -2.42. The second-order valence-corrected chi connectivity index (χ2v) is 9.59. The number of halogens is 2. The summed E-state index contributed by atoms with van der Waals surface area (Å²) in [5.74, 6) is -1.10. The van der Waals surface area contributed by atoms with Gasteiger partial charge in [0.2, 0.25) is 5.91 Å². The normalized spacial score (nSPS) is 17.7. The maximum atomic E-state index is 14.2. The van der Waals surface area contributed by atoms with Gasteiger partial charge in [0.15, 0.2) is 0 Å². The SMILES string of the molecule is O=C(Cn1cc(/C=C2\SC(=O)N(Cc3c(F)cccc3Cl)C2=O)c2ccccc21)N1CCOCC1. The van der Waals surface area contributed by atoms with Crippen LogP contribution in [0.1, 0.15) is 11.1 Å². The number of para-hydroxylation sites is 1. The molecule has 1 aromatic heterocycles. The number of aromatic nitrogens is 1. The van der Waals surface area contributed by atoms with Crippen LogP contribution in [0, 0.1) is 5.82 Å². The van der Waals surface area contributed by atoms with Crippen LogP contribution in [0.15, 0.2) is 53.6 Å². The van der Waals surface area contributed by atoms with Crippen molar-refractivity contribution in [3.05, 3.63) is 75.5 Å². The summed E-state index contributed by atoms with van der Waals surface area (Å²) in [6.45, 7) is 2.08. The average Bonchev–Trinajstić information content (AvgIpc) is 3.33. The van der Waals surface area contributed by atoms with E-state index in [2.05, 4.69) is 0 Å².